The molecule has 0 spiro atoms. The van der Waals surface area contributed by atoms with Crippen LogP contribution >= 0.6 is 0 Å². The molecular formula is C29H40N4O7. The summed E-state index contributed by atoms with van der Waals surface area (Å²) in [7, 11) is 1.25. The number of hydrogen-bond donors (Lipinski definition) is 1. The van der Waals surface area contributed by atoms with E-state index >= 15 is 0 Å². The number of ketones is 1. The van der Waals surface area contributed by atoms with Crippen molar-refractivity contribution in [3.63, 3.8) is 0 Å². The number of ether oxygens (including phenoxy) is 2. The molecule has 2 aliphatic heterocycles. The van der Waals surface area contributed by atoms with E-state index in [4.69, 9.17) is 9.47 Å². The first-order chi connectivity index (χ1) is 18.9. The molecule has 3 rings (SSSR count). The highest BCUT2D eigenvalue weighted by Gasteiger charge is 2.39. The molecule has 11 heteroatoms. The van der Waals surface area contributed by atoms with Gasteiger partial charge in [0.2, 0.25) is 0 Å². The summed E-state index contributed by atoms with van der Waals surface area (Å²) in [6.45, 7) is 13.9. The highest BCUT2D eigenvalue weighted by Crippen LogP contribution is 2.40. The molecule has 0 radical (unpaired) electrons. The summed E-state index contributed by atoms with van der Waals surface area (Å²) in [5, 5.41) is 14.6. The lowest BCUT2D eigenvalue weighted by Crippen LogP contribution is -2.50. The molecule has 0 aromatic heterocycles. The number of esters is 2. The van der Waals surface area contributed by atoms with Gasteiger partial charge in [0.1, 0.15) is 5.78 Å². The predicted molar refractivity (Wildman–Crippen MR) is 149 cm³/mol. The van der Waals surface area contributed by atoms with Crippen molar-refractivity contribution in [1.29, 1.82) is 0 Å². The maximum atomic E-state index is 13.6. The van der Waals surface area contributed by atoms with Gasteiger partial charge in [-0.05, 0) is 19.4 Å². The van der Waals surface area contributed by atoms with Crippen molar-refractivity contribution in [2.45, 2.75) is 47.0 Å². The third-order valence-electron chi connectivity index (χ3n) is 7.30. The Labute approximate surface area is 235 Å². The van der Waals surface area contributed by atoms with Crippen LogP contribution in [0.25, 0.3) is 0 Å². The molecule has 0 bridgehead atoms. The standard InChI is InChI=1S/C29H40N4O7/c1-7-23(34)16-31-11-13-32(14-12-31)17-29(4,5)18-40-28(36)25-20(3)30-19(2)24(27(35)39-6)26(25)21-9-8-10-22(15-21)33(37)38/h8-10,15,26,30H,7,11-14,16-18H2,1-6H3. The molecular weight excluding hydrogens is 516 g/mol. The number of piperazine rings is 1. The van der Waals surface area contributed by atoms with Crippen LogP contribution in [0.15, 0.2) is 46.8 Å². The van der Waals surface area contributed by atoms with Crippen molar-refractivity contribution in [2.75, 3.05) is 53.0 Å². The van der Waals surface area contributed by atoms with Gasteiger partial charge in [-0.15, -0.1) is 0 Å². The zero-order chi connectivity index (χ0) is 29.6. The molecule has 0 amide bonds. The van der Waals surface area contributed by atoms with Crippen molar-refractivity contribution in [3.8, 4) is 0 Å². The number of hydrogen-bond acceptors (Lipinski definition) is 10. The number of nitrogens with one attached hydrogen (secondary N) is 1. The van der Waals surface area contributed by atoms with E-state index in [0.717, 1.165) is 26.2 Å². The molecule has 2 heterocycles. The molecule has 1 saturated heterocycles. The van der Waals surface area contributed by atoms with E-state index in [2.05, 4.69) is 15.1 Å². The first-order valence-corrected chi connectivity index (χ1v) is 13.5. The van der Waals surface area contributed by atoms with Crippen LogP contribution in [0, 0.1) is 15.5 Å². The summed E-state index contributed by atoms with van der Waals surface area (Å²) in [5.41, 5.74) is 1.30. The number of allylic oxidation sites excluding steroid dienone is 2. The van der Waals surface area contributed by atoms with Crippen molar-refractivity contribution >= 4 is 23.4 Å². The Kier molecular flexibility index (Phi) is 10.2. The highest BCUT2D eigenvalue weighted by molar-refractivity contribution is 5.99. The molecule has 11 nitrogen and oxygen atoms in total. The first-order valence-electron chi connectivity index (χ1n) is 13.5. The summed E-state index contributed by atoms with van der Waals surface area (Å²) in [6.07, 6.45) is 0.544. The lowest BCUT2D eigenvalue weighted by Gasteiger charge is -2.38. The highest BCUT2D eigenvalue weighted by atomic mass is 16.6. The average Bonchev–Trinajstić information content (AvgIpc) is 2.91. The molecule has 218 valence electrons. The van der Waals surface area contributed by atoms with Gasteiger partial charge >= 0.3 is 11.9 Å². The smallest absolute Gasteiger partial charge is 0.336 e. The molecule has 2 aliphatic rings. The topological polar surface area (TPSA) is 131 Å². The second-order valence-electron chi connectivity index (χ2n) is 11.2. The van der Waals surface area contributed by atoms with E-state index in [1.807, 2.05) is 20.8 Å². The van der Waals surface area contributed by atoms with E-state index in [9.17, 15) is 24.5 Å². The summed E-state index contributed by atoms with van der Waals surface area (Å²) in [4.78, 5) is 53.6. The molecule has 0 aliphatic carbocycles. The number of rotatable bonds is 11. The van der Waals surface area contributed by atoms with Crippen LogP contribution in [0.2, 0.25) is 0 Å². The second-order valence-corrected chi connectivity index (χ2v) is 11.2. The lowest BCUT2D eigenvalue weighted by molar-refractivity contribution is -0.384. The zero-order valence-electron chi connectivity index (χ0n) is 24.2. The van der Waals surface area contributed by atoms with Crippen LogP contribution in [-0.4, -0.2) is 85.4 Å². The molecule has 1 N–H and O–H groups in total. The predicted octanol–water partition coefficient (Wildman–Crippen LogP) is 3.17. The molecule has 1 atom stereocenters. The summed E-state index contributed by atoms with van der Waals surface area (Å²) in [6, 6.07) is 5.90. The Morgan fingerprint density at radius 2 is 1.65 bits per heavy atom. The summed E-state index contributed by atoms with van der Waals surface area (Å²) >= 11 is 0. The molecule has 1 unspecified atom stereocenters. The van der Waals surface area contributed by atoms with Crippen LogP contribution in [-0.2, 0) is 23.9 Å². The molecule has 1 aromatic carbocycles. The van der Waals surface area contributed by atoms with Crippen LogP contribution in [0.5, 0.6) is 0 Å². The van der Waals surface area contributed by atoms with Gasteiger partial charge in [0.25, 0.3) is 5.69 Å². The van der Waals surface area contributed by atoms with Gasteiger partial charge in [-0.2, -0.15) is 0 Å². The number of dihydropyridines is 1. The van der Waals surface area contributed by atoms with E-state index < -0.39 is 22.8 Å². The molecule has 1 aromatic rings. The van der Waals surface area contributed by atoms with Crippen molar-refractivity contribution in [2.24, 2.45) is 5.41 Å². The number of Topliss-reactive ketones (excluding diaryl/α,β-unsaturated/α-hetero) is 1. The van der Waals surface area contributed by atoms with E-state index in [0.29, 0.717) is 36.5 Å². The van der Waals surface area contributed by atoms with Gasteiger partial charge in [-0.3, -0.25) is 19.8 Å². The fourth-order valence-electron chi connectivity index (χ4n) is 5.25. The van der Waals surface area contributed by atoms with Crippen LogP contribution in [0.1, 0.15) is 52.5 Å². The Morgan fingerprint density at radius 3 is 2.23 bits per heavy atom. The van der Waals surface area contributed by atoms with Gasteiger partial charge < -0.3 is 19.7 Å². The number of nitro groups is 1. The zero-order valence-corrected chi connectivity index (χ0v) is 24.2. The fraction of sp³-hybridized carbons (Fsp3) is 0.552. The largest absolute Gasteiger partial charge is 0.466 e. The maximum Gasteiger partial charge on any atom is 0.336 e. The van der Waals surface area contributed by atoms with Crippen LogP contribution in [0.3, 0.4) is 0 Å². The van der Waals surface area contributed by atoms with Crippen LogP contribution in [0.4, 0.5) is 5.69 Å². The van der Waals surface area contributed by atoms with Gasteiger partial charge in [0.15, 0.2) is 0 Å². The monoisotopic (exact) mass is 556 g/mol. The number of methoxy groups -OCH3 is 1. The number of nitro benzene ring substituents is 1. The third kappa shape index (κ3) is 7.54. The minimum atomic E-state index is -0.900. The number of carbonyl (C=O) groups excluding carboxylic acids is 3. The molecule has 40 heavy (non-hydrogen) atoms. The van der Waals surface area contributed by atoms with E-state index in [1.165, 1.54) is 25.3 Å². The van der Waals surface area contributed by atoms with Gasteiger partial charge in [0.05, 0.1) is 42.2 Å². The normalized spacial score (nSPS) is 18.8. The van der Waals surface area contributed by atoms with E-state index in [-0.39, 0.29) is 34.6 Å². The number of nitrogens with zero attached hydrogens (tertiary/aromatic N) is 3. The fourth-order valence-corrected chi connectivity index (χ4v) is 5.25. The Bertz CT molecular complexity index is 1210. The minimum absolute atomic E-state index is 0.134. The third-order valence-corrected chi connectivity index (χ3v) is 7.30. The Morgan fingerprint density at radius 1 is 1.05 bits per heavy atom. The number of carbonyl (C=O) groups is 3. The lowest BCUT2D eigenvalue weighted by atomic mass is 9.80. The van der Waals surface area contributed by atoms with E-state index in [1.54, 1.807) is 19.9 Å². The van der Waals surface area contributed by atoms with Gasteiger partial charge in [-0.1, -0.05) is 32.9 Å². The van der Waals surface area contributed by atoms with Crippen molar-refractivity contribution in [3.05, 3.63) is 62.5 Å². The van der Waals surface area contributed by atoms with Crippen molar-refractivity contribution < 1.29 is 28.8 Å². The second kappa shape index (κ2) is 13.2. The number of non-ortho nitro benzene ring substituents is 1. The first kappa shape index (κ1) is 31.0. The van der Waals surface area contributed by atoms with Gasteiger partial charge in [-0.25, -0.2) is 9.59 Å². The van der Waals surface area contributed by atoms with Gasteiger partial charge in [0, 0.05) is 68.1 Å². The van der Waals surface area contributed by atoms with Crippen molar-refractivity contribution in [1.82, 2.24) is 15.1 Å². The number of benzene rings is 1. The average molecular weight is 557 g/mol. The molecule has 0 saturated carbocycles. The SMILES string of the molecule is CCC(=O)CN1CCN(CC(C)(C)COC(=O)C2=C(C)NC(C)=C(C(=O)OC)C2c2cccc([N+](=O)[O-])c2)CC1. The summed E-state index contributed by atoms with van der Waals surface area (Å²) in [5.74, 6) is -1.90. The molecule has 1 fully saturated rings. The Hall–Kier alpha value is -3.57. The Balaban J connectivity index is 1.76. The quantitative estimate of drug-likeness (QED) is 0.246. The van der Waals surface area contributed by atoms with Crippen LogP contribution < -0.4 is 5.32 Å². The maximum absolute atomic E-state index is 13.6. The summed E-state index contributed by atoms with van der Waals surface area (Å²) < 4.78 is 10.9. The minimum Gasteiger partial charge on any atom is -0.466 e.